The van der Waals surface area contributed by atoms with E-state index in [0.29, 0.717) is 11.8 Å². The molecule has 1 heterocycles. The fourth-order valence-electron chi connectivity index (χ4n) is 3.85. The number of nitriles is 1. The average molecular weight is 244 g/mol. The molecule has 0 radical (unpaired) electrons. The van der Waals surface area contributed by atoms with Crippen molar-refractivity contribution in [3.63, 3.8) is 0 Å². The first kappa shape index (κ1) is 11.8. The van der Waals surface area contributed by atoms with E-state index >= 15 is 0 Å². The second kappa shape index (κ2) is 4.78. The van der Waals surface area contributed by atoms with Gasteiger partial charge in [-0.3, -0.25) is 0 Å². The summed E-state index contributed by atoms with van der Waals surface area (Å²) in [6.45, 7) is 3.02. The van der Waals surface area contributed by atoms with Crippen LogP contribution in [-0.4, -0.2) is 6.04 Å². The van der Waals surface area contributed by atoms with Gasteiger partial charge in [-0.1, -0.05) is 6.42 Å². The lowest BCUT2D eigenvalue weighted by Gasteiger charge is -2.28. The summed E-state index contributed by atoms with van der Waals surface area (Å²) in [5.74, 6) is 4.05. The minimum atomic E-state index is 0.402. The minimum Gasteiger partial charge on any atom is -0.449 e. The van der Waals surface area contributed by atoms with Crippen molar-refractivity contribution in [3.8, 4) is 6.07 Å². The van der Waals surface area contributed by atoms with Crippen LogP contribution in [0.3, 0.4) is 0 Å². The summed E-state index contributed by atoms with van der Waals surface area (Å²) in [6, 6.07) is 6.19. The molecule has 3 nitrogen and oxygen atoms in total. The van der Waals surface area contributed by atoms with E-state index < -0.39 is 0 Å². The average Bonchev–Trinajstić information content (AvgIpc) is 3.11. The van der Waals surface area contributed by atoms with Crippen molar-refractivity contribution in [1.29, 1.82) is 5.26 Å². The molecule has 4 unspecified atom stereocenters. The first-order valence-corrected chi connectivity index (χ1v) is 6.98. The molecule has 0 aromatic carbocycles. The Morgan fingerprint density at radius 3 is 2.94 bits per heavy atom. The normalized spacial score (nSPS) is 31.4. The Labute approximate surface area is 108 Å². The van der Waals surface area contributed by atoms with Gasteiger partial charge in [-0.2, -0.15) is 5.26 Å². The van der Waals surface area contributed by atoms with Crippen LogP contribution in [0.15, 0.2) is 16.5 Å². The molecule has 2 aliphatic rings. The molecule has 4 atom stereocenters. The number of nitrogens with zero attached hydrogens (tertiary/aromatic N) is 1. The Morgan fingerprint density at radius 2 is 2.33 bits per heavy atom. The van der Waals surface area contributed by atoms with Gasteiger partial charge >= 0.3 is 0 Å². The predicted octanol–water partition coefficient (Wildman–Crippen LogP) is 3.07. The van der Waals surface area contributed by atoms with Crippen LogP contribution in [0, 0.1) is 29.1 Å². The fraction of sp³-hybridized carbons (Fsp3) is 0.667. The van der Waals surface area contributed by atoms with Gasteiger partial charge in [0.1, 0.15) is 11.8 Å². The molecule has 2 saturated carbocycles. The van der Waals surface area contributed by atoms with Crippen molar-refractivity contribution in [3.05, 3.63) is 23.7 Å². The first-order chi connectivity index (χ1) is 8.76. The van der Waals surface area contributed by atoms with E-state index in [4.69, 9.17) is 9.68 Å². The summed E-state index contributed by atoms with van der Waals surface area (Å²) >= 11 is 0. The van der Waals surface area contributed by atoms with Crippen molar-refractivity contribution in [1.82, 2.24) is 5.32 Å². The van der Waals surface area contributed by atoms with Crippen molar-refractivity contribution >= 4 is 0 Å². The van der Waals surface area contributed by atoms with Gasteiger partial charge in [-0.15, -0.1) is 0 Å². The molecule has 0 spiro atoms. The molecular weight excluding hydrogens is 224 g/mol. The minimum absolute atomic E-state index is 0.402. The van der Waals surface area contributed by atoms with Crippen molar-refractivity contribution < 1.29 is 4.42 Å². The molecule has 96 valence electrons. The Balaban J connectivity index is 1.52. The molecule has 3 heteroatoms. The molecule has 2 fully saturated rings. The van der Waals surface area contributed by atoms with E-state index in [1.807, 2.05) is 12.1 Å². The van der Waals surface area contributed by atoms with Gasteiger partial charge < -0.3 is 9.73 Å². The molecule has 0 saturated heterocycles. The maximum absolute atomic E-state index is 8.71. The van der Waals surface area contributed by atoms with Gasteiger partial charge in [0.2, 0.25) is 5.76 Å². The Morgan fingerprint density at radius 1 is 1.44 bits per heavy atom. The molecule has 2 bridgehead atoms. The summed E-state index contributed by atoms with van der Waals surface area (Å²) in [7, 11) is 0. The Kier molecular flexibility index (Phi) is 3.13. The molecule has 0 amide bonds. The van der Waals surface area contributed by atoms with Gasteiger partial charge in [-0.25, -0.2) is 0 Å². The van der Waals surface area contributed by atoms with Gasteiger partial charge in [0, 0.05) is 6.04 Å². The van der Waals surface area contributed by atoms with Crippen LogP contribution in [-0.2, 0) is 6.54 Å². The van der Waals surface area contributed by atoms with Crippen molar-refractivity contribution in [2.75, 3.05) is 0 Å². The van der Waals surface area contributed by atoms with Crippen LogP contribution >= 0.6 is 0 Å². The van der Waals surface area contributed by atoms with E-state index in [1.165, 1.54) is 25.7 Å². The van der Waals surface area contributed by atoms with E-state index in [-0.39, 0.29) is 0 Å². The summed E-state index contributed by atoms with van der Waals surface area (Å²) in [5.41, 5.74) is 0. The molecule has 0 aliphatic heterocycles. The second-order valence-electron chi connectivity index (χ2n) is 5.89. The fourth-order valence-corrected chi connectivity index (χ4v) is 3.85. The highest BCUT2D eigenvalue weighted by molar-refractivity contribution is 5.19. The third-order valence-corrected chi connectivity index (χ3v) is 4.81. The highest BCUT2D eigenvalue weighted by atomic mass is 16.3. The standard InChI is InChI=1S/C15H20N2O/c1-10(15-7-11-2-3-12(15)6-11)17-9-14-5-4-13(8-16)18-14/h4-5,10-12,15,17H,2-3,6-7,9H2,1H3. The van der Waals surface area contributed by atoms with Crippen LogP contribution in [0.4, 0.5) is 0 Å². The van der Waals surface area contributed by atoms with Crippen LogP contribution < -0.4 is 5.32 Å². The molecule has 1 N–H and O–H groups in total. The van der Waals surface area contributed by atoms with Gasteiger partial charge in [0.15, 0.2) is 0 Å². The summed E-state index contributed by atoms with van der Waals surface area (Å²) < 4.78 is 5.38. The summed E-state index contributed by atoms with van der Waals surface area (Å²) in [6.07, 6.45) is 5.74. The highest BCUT2D eigenvalue weighted by Gasteiger charge is 2.41. The Bertz CT molecular complexity index is 459. The molecule has 2 aliphatic carbocycles. The van der Waals surface area contributed by atoms with Crippen LogP contribution in [0.2, 0.25) is 0 Å². The smallest absolute Gasteiger partial charge is 0.203 e. The third-order valence-electron chi connectivity index (χ3n) is 4.81. The predicted molar refractivity (Wildman–Crippen MR) is 68.7 cm³/mol. The summed E-state index contributed by atoms with van der Waals surface area (Å²) in [5, 5.41) is 12.3. The molecular formula is C15H20N2O. The number of rotatable bonds is 4. The van der Waals surface area contributed by atoms with Crippen molar-refractivity contribution in [2.45, 2.75) is 45.2 Å². The van der Waals surface area contributed by atoms with E-state index in [9.17, 15) is 0 Å². The highest BCUT2D eigenvalue weighted by Crippen LogP contribution is 2.49. The maximum Gasteiger partial charge on any atom is 0.203 e. The van der Waals surface area contributed by atoms with Crippen LogP contribution in [0.5, 0.6) is 0 Å². The number of nitrogens with one attached hydrogen (secondary N) is 1. The van der Waals surface area contributed by atoms with E-state index in [2.05, 4.69) is 12.2 Å². The zero-order valence-corrected chi connectivity index (χ0v) is 10.9. The largest absolute Gasteiger partial charge is 0.449 e. The van der Waals surface area contributed by atoms with Crippen LogP contribution in [0.25, 0.3) is 0 Å². The summed E-state index contributed by atoms with van der Waals surface area (Å²) in [4.78, 5) is 0. The molecule has 3 rings (SSSR count). The second-order valence-corrected chi connectivity index (χ2v) is 5.89. The first-order valence-electron chi connectivity index (χ1n) is 6.98. The number of hydrogen-bond donors (Lipinski definition) is 1. The van der Waals surface area contributed by atoms with Crippen LogP contribution in [0.1, 0.15) is 44.1 Å². The monoisotopic (exact) mass is 244 g/mol. The number of hydrogen-bond acceptors (Lipinski definition) is 3. The lowest BCUT2D eigenvalue weighted by Crippen LogP contribution is -2.35. The Hall–Kier alpha value is -1.27. The molecule has 18 heavy (non-hydrogen) atoms. The number of fused-ring (bicyclic) bond motifs is 2. The van der Waals surface area contributed by atoms with Gasteiger partial charge in [-0.05, 0) is 56.1 Å². The van der Waals surface area contributed by atoms with E-state index in [1.54, 1.807) is 6.07 Å². The molecule has 1 aromatic rings. The zero-order valence-electron chi connectivity index (χ0n) is 10.9. The lowest BCUT2D eigenvalue weighted by molar-refractivity contribution is 0.255. The van der Waals surface area contributed by atoms with Crippen molar-refractivity contribution in [2.24, 2.45) is 17.8 Å². The zero-order chi connectivity index (χ0) is 12.5. The topological polar surface area (TPSA) is 49.0 Å². The van der Waals surface area contributed by atoms with Gasteiger partial charge in [0.25, 0.3) is 0 Å². The quantitative estimate of drug-likeness (QED) is 0.885. The molecule has 1 aromatic heterocycles. The van der Waals surface area contributed by atoms with E-state index in [0.717, 1.165) is 30.1 Å². The maximum atomic E-state index is 8.71. The lowest BCUT2D eigenvalue weighted by atomic mass is 9.84. The van der Waals surface area contributed by atoms with Gasteiger partial charge in [0.05, 0.1) is 6.54 Å². The third kappa shape index (κ3) is 2.18. The number of furan rings is 1. The SMILES string of the molecule is CC(NCc1ccc(C#N)o1)C1CC2CCC1C2.